The van der Waals surface area contributed by atoms with Gasteiger partial charge in [-0.1, -0.05) is 109 Å². The molecule has 12 rings (SSSR count). The van der Waals surface area contributed by atoms with E-state index in [1.54, 1.807) is 24.3 Å². The maximum absolute atomic E-state index is 7.47. The van der Waals surface area contributed by atoms with E-state index in [1.165, 1.54) is 44.1 Å². The second-order valence-corrected chi connectivity index (χ2v) is 16.5. The Balaban J connectivity index is 1.09. The van der Waals surface area contributed by atoms with Gasteiger partial charge in [0.1, 0.15) is 11.2 Å². The fraction of sp³-hybridized carbons (Fsp3) is 0.196. The van der Waals surface area contributed by atoms with Crippen LogP contribution in [0.25, 0.3) is 88.0 Å². The Morgan fingerprint density at radius 2 is 1.00 bits per heavy atom. The fourth-order valence-corrected chi connectivity index (χ4v) is 10.7. The molecule has 0 radical (unpaired) electrons. The fourth-order valence-electron chi connectivity index (χ4n) is 10.7. The molecule has 0 spiro atoms. The minimum Gasteiger partial charge on any atom is -0.455 e. The van der Waals surface area contributed by atoms with Gasteiger partial charge in [0.25, 0.3) is 0 Å². The van der Waals surface area contributed by atoms with Gasteiger partial charge in [0.15, 0.2) is 28.8 Å². The molecule has 4 aliphatic carbocycles. The number of aromatic nitrogens is 3. The van der Waals surface area contributed by atoms with Gasteiger partial charge in [-0.2, -0.15) is 0 Å². The number of furan rings is 1. The molecule has 0 unspecified atom stereocenters. The summed E-state index contributed by atoms with van der Waals surface area (Å²) in [4.78, 5) is 22.3. The monoisotopic (exact) mass is 735 g/mol. The first-order valence-corrected chi connectivity index (χ1v) is 19.9. The van der Waals surface area contributed by atoms with Gasteiger partial charge in [-0.15, -0.1) is 0 Å². The highest BCUT2D eigenvalue weighted by molar-refractivity contribution is 6.09. The molecule has 2 aromatic heterocycles. The van der Waals surface area contributed by atoms with Crippen LogP contribution in [-0.4, -0.2) is 15.0 Å². The minimum atomic E-state index is 0.328. The summed E-state index contributed by atoms with van der Waals surface area (Å²) >= 11 is 0. The van der Waals surface area contributed by atoms with Gasteiger partial charge >= 0.3 is 0 Å². The lowest BCUT2D eigenvalue weighted by atomic mass is 9.48. The zero-order chi connectivity index (χ0) is 38.1. The maximum atomic E-state index is 7.47. The van der Waals surface area contributed by atoms with E-state index >= 15 is 0 Å². The minimum absolute atomic E-state index is 0.328. The van der Waals surface area contributed by atoms with Crippen LogP contribution in [0.15, 0.2) is 138 Å². The van der Waals surface area contributed by atoms with Crippen LogP contribution in [0, 0.1) is 30.9 Å². The van der Waals surface area contributed by atoms with Gasteiger partial charge in [-0.25, -0.2) is 24.6 Å². The van der Waals surface area contributed by atoms with Crippen molar-refractivity contribution < 1.29 is 4.42 Å². The van der Waals surface area contributed by atoms with E-state index in [4.69, 9.17) is 32.5 Å². The predicted molar refractivity (Wildman–Crippen MR) is 227 cm³/mol. The number of rotatable bonds is 6. The number of fused-ring (bicyclic) bond motifs is 3. The van der Waals surface area contributed by atoms with E-state index in [1.807, 2.05) is 36.4 Å². The van der Waals surface area contributed by atoms with Crippen molar-refractivity contribution in [3.8, 4) is 56.4 Å². The molecule has 4 saturated carbocycles. The number of hydrogen-bond donors (Lipinski definition) is 0. The summed E-state index contributed by atoms with van der Waals surface area (Å²) in [5, 5.41) is 2.16. The molecule has 8 aromatic rings. The Hall–Kier alpha value is -6.89. The predicted octanol–water partition coefficient (Wildman–Crippen LogP) is 13.7. The van der Waals surface area contributed by atoms with Crippen molar-refractivity contribution >= 4 is 33.3 Å². The average molecular weight is 736 g/mol. The molecule has 4 bridgehead atoms. The first-order chi connectivity index (χ1) is 28.0. The SMILES string of the molecule is [C-]#[N+]c1ccc(-c2nc(-c3ccc([N+]#[C-])cc3)nc(-c3cc(-c4ccc(C56CC7CC(CC(C7)C5)C6)cc4)cc(-c4cccc5c4oc4ccccc45)c3)n2)cc1. The van der Waals surface area contributed by atoms with E-state index in [0.29, 0.717) is 34.3 Å². The van der Waals surface area contributed by atoms with Crippen molar-refractivity contribution in [1.29, 1.82) is 0 Å². The van der Waals surface area contributed by atoms with Gasteiger partial charge in [-0.05, 0) is 108 Å². The van der Waals surface area contributed by atoms with E-state index in [9.17, 15) is 0 Å². The molecular weight excluding hydrogens is 699 g/mol. The van der Waals surface area contributed by atoms with Gasteiger partial charge < -0.3 is 4.42 Å². The molecule has 0 saturated heterocycles. The Bertz CT molecular complexity index is 2840. The number of benzene rings is 6. The molecule has 0 atom stereocenters. The molecule has 57 heavy (non-hydrogen) atoms. The topological polar surface area (TPSA) is 60.5 Å². The molecular formula is C51H37N5O. The second kappa shape index (κ2) is 13.1. The molecule has 6 nitrogen and oxygen atoms in total. The lowest BCUT2D eigenvalue weighted by molar-refractivity contribution is -0.00518. The summed E-state index contributed by atoms with van der Waals surface area (Å²) in [7, 11) is 0. The van der Waals surface area contributed by atoms with Crippen LogP contribution in [0.5, 0.6) is 0 Å². The quantitative estimate of drug-likeness (QED) is 0.160. The Kier molecular flexibility index (Phi) is 7.69. The van der Waals surface area contributed by atoms with Crippen LogP contribution in [0.1, 0.15) is 44.1 Å². The van der Waals surface area contributed by atoms with Crippen LogP contribution >= 0.6 is 0 Å². The number of para-hydroxylation sites is 2. The van der Waals surface area contributed by atoms with Crippen molar-refractivity contribution in [2.45, 2.75) is 43.9 Å². The zero-order valence-corrected chi connectivity index (χ0v) is 31.3. The van der Waals surface area contributed by atoms with Crippen molar-refractivity contribution in [3.63, 3.8) is 0 Å². The molecule has 4 fully saturated rings. The highest BCUT2D eigenvalue weighted by atomic mass is 16.3. The van der Waals surface area contributed by atoms with E-state index in [2.05, 4.69) is 82.5 Å². The number of nitrogens with zero attached hydrogens (tertiary/aromatic N) is 5. The summed E-state index contributed by atoms with van der Waals surface area (Å²) in [5.41, 5.74) is 11.3. The zero-order valence-electron chi connectivity index (χ0n) is 31.3. The summed E-state index contributed by atoms with van der Waals surface area (Å²) in [6, 6.07) is 45.3. The first kappa shape index (κ1) is 33.4. The Morgan fingerprint density at radius 1 is 0.491 bits per heavy atom. The standard InChI is InChI=1S/C51H37N5O/c1-52-41-18-12-35(13-19-41)48-54-49(36-14-20-42(53-2)21-15-36)56-50(55-48)39-26-37(25-38(27-39)43-7-5-8-45-44-6-3-4-9-46(44)57-47(43)45)34-10-16-40(17-11-34)51-28-31-22-32(29-51)24-33(23-31)30-51/h3-21,25-27,31-33H,22-24,28-30H2. The third-order valence-electron chi connectivity index (χ3n) is 12.9. The van der Waals surface area contributed by atoms with Crippen LogP contribution < -0.4 is 0 Å². The van der Waals surface area contributed by atoms with E-state index in [-0.39, 0.29) is 0 Å². The molecule has 6 heteroatoms. The Labute approximate surface area is 331 Å². The van der Waals surface area contributed by atoms with Crippen molar-refractivity contribution in [2.24, 2.45) is 17.8 Å². The third kappa shape index (κ3) is 5.80. The normalized spacial score (nSPS) is 20.8. The first-order valence-electron chi connectivity index (χ1n) is 19.9. The second-order valence-electron chi connectivity index (χ2n) is 16.5. The summed E-state index contributed by atoms with van der Waals surface area (Å²) < 4.78 is 6.57. The van der Waals surface area contributed by atoms with Gasteiger partial charge in [0, 0.05) is 33.0 Å². The van der Waals surface area contributed by atoms with Crippen LogP contribution in [0.3, 0.4) is 0 Å². The highest BCUT2D eigenvalue weighted by Gasteiger charge is 2.51. The molecule has 2 heterocycles. The van der Waals surface area contributed by atoms with Crippen LogP contribution in [0.4, 0.5) is 11.4 Å². The van der Waals surface area contributed by atoms with Crippen LogP contribution in [-0.2, 0) is 5.41 Å². The smallest absolute Gasteiger partial charge is 0.187 e. The average Bonchev–Trinajstić information content (AvgIpc) is 3.65. The van der Waals surface area contributed by atoms with Gasteiger partial charge in [0.2, 0.25) is 0 Å². The van der Waals surface area contributed by atoms with Gasteiger partial charge in [0.05, 0.1) is 13.1 Å². The van der Waals surface area contributed by atoms with Crippen molar-refractivity contribution in [3.05, 3.63) is 162 Å². The Morgan fingerprint density at radius 3 is 1.60 bits per heavy atom. The van der Waals surface area contributed by atoms with Crippen molar-refractivity contribution in [2.75, 3.05) is 0 Å². The summed E-state index contributed by atoms with van der Waals surface area (Å²) in [6.45, 7) is 14.9. The largest absolute Gasteiger partial charge is 0.455 e. The highest BCUT2D eigenvalue weighted by Crippen LogP contribution is 2.60. The lowest BCUT2D eigenvalue weighted by Gasteiger charge is -2.57. The lowest BCUT2D eigenvalue weighted by Crippen LogP contribution is -2.48. The van der Waals surface area contributed by atoms with E-state index in [0.717, 1.165) is 78.6 Å². The molecule has 0 aliphatic heterocycles. The van der Waals surface area contributed by atoms with E-state index < -0.39 is 0 Å². The molecule has 6 aromatic carbocycles. The third-order valence-corrected chi connectivity index (χ3v) is 12.9. The van der Waals surface area contributed by atoms with Gasteiger partial charge in [-0.3, -0.25) is 0 Å². The maximum Gasteiger partial charge on any atom is 0.187 e. The summed E-state index contributed by atoms with van der Waals surface area (Å²) in [6.07, 6.45) is 8.32. The molecule has 272 valence electrons. The summed E-state index contributed by atoms with van der Waals surface area (Å²) in [5.74, 6) is 4.22. The van der Waals surface area contributed by atoms with Crippen LogP contribution in [0.2, 0.25) is 0 Å². The molecule has 0 N–H and O–H groups in total. The molecule has 4 aliphatic rings. The number of hydrogen-bond acceptors (Lipinski definition) is 4. The molecule has 0 amide bonds. The van der Waals surface area contributed by atoms with Crippen molar-refractivity contribution in [1.82, 2.24) is 15.0 Å².